The van der Waals surface area contributed by atoms with Crippen LogP contribution in [0.2, 0.25) is 0 Å². The van der Waals surface area contributed by atoms with Gasteiger partial charge in [0, 0.05) is 62.7 Å². The lowest BCUT2D eigenvalue weighted by atomic mass is 9.91. The van der Waals surface area contributed by atoms with Gasteiger partial charge in [-0.15, -0.1) is 11.3 Å². The Morgan fingerprint density at radius 2 is 1.94 bits per heavy atom. The lowest BCUT2D eigenvalue weighted by Crippen LogP contribution is -2.55. The molecule has 1 saturated heterocycles. The Bertz CT molecular complexity index is 966. The van der Waals surface area contributed by atoms with Crippen LogP contribution in [-0.2, 0) is 17.8 Å². The second-order valence-corrected chi connectivity index (χ2v) is 10.0. The van der Waals surface area contributed by atoms with Crippen LogP contribution < -0.4 is 9.47 Å². The van der Waals surface area contributed by atoms with E-state index in [1.807, 2.05) is 18.2 Å². The molecule has 2 aliphatic heterocycles. The molecule has 8 heteroatoms. The summed E-state index contributed by atoms with van der Waals surface area (Å²) in [5, 5.41) is 0.967. The normalized spacial score (nSPS) is 20.0. The smallest absolute Gasteiger partial charge is 0.236 e. The summed E-state index contributed by atoms with van der Waals surface area (Å²) < 4.78 is 10.9. The van der Waals surface area contributed by atoms with E-state index in [9.17, 15) is 4.79 Å². The van der Waals surface area contributed by atoms with Crippen LogP contribution in [0.3, 0.4) is 0 Å². The minimum atomic E-state index is 0.267. The summed E-state index contributed by atoms with van der Waals surface area (Å²) in [6.07, 6.45) is 4.92. The van der Waals surface area contributed by atoms with E-state index < -0.39 is 0 Å². The second kappa shape index (κ2) is 9.37. The molecule has 1 amide bonds. The molecular weight excluding hydrogens is 424 g/mol. The van der Waals surface area contributed by atoms with E-state index in [4.69, 9.17) is 14.5 Å². The molecular formula is C24H32N4O3S. The largest absolute Gasteiger partial charge is 0.497 e. The van der Waals surface area contributed by atoms with Gasteiger partial charge in [0.25, 0.3) is 0 Å². The number of piperazine rings is 1. The highest BCUT2D eigenvalue weighted by molar-refractivity contribution is 7.15. The summed E-state index contributed by atoms with van der Waals surface area (Å²) in [4.78, 5) is 26.0. The van der Waals surface area contributed by atoms with Crippen LogP contribution in [0.1, 0.15) is 29.8 Å². The highest BCUT2D eigenvalue weighted by atomic mass is 32.1. The molecule has 0 bridgehead atoms. The zero-order valence-corrected chi connectivity index (χ0v) is 19.8. The molecule has 2 aromatic rings. The second-order valence-electron chi connectivity index (χ2n) is 8.92. The third-order valence-corrected chi connectivity index (χ3v) is 8.18. The Labute approximate surface area is 193 Å². The van der Waals surface area contributed by atoms with Gasteiger partial charge in [-0.2, -0.15) is 0 Å². The maximum atomic E-state index is 12.9. The molecule has 7 nitrogen and oxygen atoms in total. The zero-order valence-electron chi connectivity index (χ0n) is 19.0. The summed E-state index contributed by atoms with van der Waals surface area (Å²) in [6.45, 7) is 5.97. The van der Waals surface area contributed by atoms with Crippen molar-refractivity contribution < 1.29 is 14.3 Å². The van der Waals surface area contributed by atoms with Crippen molar-refractivity contribution in [3.63, 3.8) is 0 Å². The molecule has 1 aliphatic carbocycles. The number of carbonyl (C=O) groups is 1. The predicted octanol–water partition coefficient (Wildman–Crippen LogP) is 2.88. The van der Waals surface area contributed by atoms with Crippen LogP contribution in [-0.4, -0.2) is 85.1 Å². The van der Waals surface area contributed by atoms with E-state index in [0.717, 1.165) is 79.5 Å². The maximum absolute atomic E-state index is 12.9. The van der Waals surface area contributed by atoms with Crippen molar-refractivity contribution in [3.8, 4) is 22.1 Å². The number of amides is 1. The van der Waals surface area contributed by atoms with Gasteiger partial charge in [0.05, 0.1) is 32.0 Å². The summed E-state index contributed by atoms with van der Waals surface area (Å²) in [7, 11) is 3.33. The molecule has 3 heterocycles. The average molecular weight is 457 g/mol. The third-order valence-electron chi connectivity index (χ3n) is 7.07. The predicted molar refractivity (Wildman–Crippen MR) is 125 cm³/mol. The van der Waals surface area contributed by atoms with Crippen molar-refractivity contribution in [1.29, 1.82) is 0 Å². The molecule has 0 unspecified atom stereocenters. The number of hydrogen-bond donors (Lipinski definition) is 0. The van der Waals surface area contributed by atoms with E-state index >= 15 is 0 Å². The number of aromatic nitrogens is 1. The number of nitrogens with zero attached hydrogens (tertiary/aromatic N) is 4. The Kier molecular flexibility index (Phi) is 6.35. The van der Waals surface area contributed by atoms with Gasteiger partial charge in [-0.25, -0.2) is 4.98 Å². The number of methoxy groups -OCH3 is 2. The summed E-state index contributed by atoms with van der Waals surface area (Å²) in [5.41, 5.74) is 2.14. The first-order valence-corrected chi connectivity index (χ1v) is 12.4. The number of benzene rings is 1. The number of fused-ring (bicyclic) bond motifs is 1. The van der Waals surface area contributed by atoms with Crippen LogP contribution in [0.4, 0.5) is 0 Å². The number of ether oxygens (including phenoxy) is 2. The fourth-order valence-corrected chi connectivity index (χ4v) is 6.03. The topological polar surface area (TPSA) is 58.1 Å². The van der Waals surface area contributed by atoms with Gasteiger partial charge >= 0.3 is 0 Å². The quantitative estimate of drug-likeness (QED) is 0.666. The van der Waals surface area contributed by atoms with Crippen molar-refractivity contribution in [3.05, 3.63) is 28.8 Å². The molecule has 1 aromatic heterocycles. The van der Waals surface area contributed by atoms with Gasteiger partial charge in [0.15, 0.2) is 0 Å². The van der Waals surface area contributed by atoms with E-state index in [1.165, 1.54) is 24.1 Å². The highest BCUT2D eigenvalue weighted by Crippen LogP contribution is 2.38. The standard InChI is InChI=1S/C24H32N4O3S/c1-30-18-6-7-19(21(14-18)31-2)24-25-20-8-9-26(15-22(20)32-24)16-23(29)28-12-10-27(11-13-28)17-4-3-5-17/h6-7,14,17H,3-5,8-13,15-16H2,1-2H3. The first kappa shape index (κ1) is 21.7. The van der Waals surface area contributed by atoms with Gasteiger partial charge in [0.2, 0.25) is 5.91 Å². The molecule has 172 valence electrons. The molecule has 2 fully saturated rings. The molecule has 3 aliphatic rings. The molecule has 0 spiro atoms. The average Bonchev–Trinajstić information content (AvgIpc) is 3.21. The highest BCUT2D eigenvalue weighted by Gasteiger charge is 2.30. The number of rotatable bonds is 6. The third kappa shape index (κ3) is 4.36. The molecule has 1 saturated carbocycles. The van der Waals surface area contributed by atoms with Gasteiger partial charge in [0.1, 0.15) is 16.5 Å². The van der Waals surface area contributed by atoms with E-state index in [1.54, 1.807) is 25.6 Å². The van der Waals surface area contributed by atoms with E-state index in [-0.39, 0.29) is 5.91 Å². The minimum absolute atomic E-state index is 0.267. The minimum Gasteiger partial charge on any atom is -0.497 e. The van der Waals surface area contributed by atoms with Crippen molar-refractivity contribution >= 4 is 17.2 Å². The van der Waals surface area contributed by atoms with Gasteiger partial charge < -0.3 is 14.4 Å². The number of carbonyl (C=O) groups excluding carboxylic acids is 1. The Balaban J connectivity index is 1.20. The zero-order chi connectivity index (χ0) is 22.1. The Hall–Kier alpha value is -2.16. The van der Waals surface area contributed by atoms with E-state index in [0.29, 0.717) is 6.54 Å². The fraction of sp³-hybridized carbons (Fsp3) is 0.583. The van der Waals surface area contributed by atoms with Crippen molar-refractivity contribution in [2.45, 2.75) is 38.3 Å². The Morgan fingerprint density at radius 3 is 2.62 bits per heavy atom. The van der Waals surface area contributed by atoms with E-state index in [2.05, 4.69) is 14.7 Å². The SMILES string of the molecule is COc1ccc(-c2nc3c(s2)CN(CC(=O)N2CCN(C4CCC4)CC2)CC3)c(OC)c1. The number of hydrogen-bond acceptors (Lipinski definition) is 7. The number of thiazole rings is 1. The monoisotopic (exact) mass is 456 g/mol. The molecule has 0 atom stereocenters. The van der Waals surface area contributed by atoms with Gasteiger partial charge in [-0.3, -0.25) is 14.6 Å². The molecule has 0 radical (unpaired) electrons. The molecule has 5 rings (SSSR count). The van der Waals surface area contributed by atoms with Gasteiger partial charge in [-0.05, 0) is 25.0 Å². The Morgan fingerprint density at radius 1 is 1.12 bits per heavy atom. The van der Waals surface area contributed by atoms with Crippen LogP contribution in [0.25, 0.3) is 10.6 Å². The van der Waals surface area contributed by atoms with Crippen LogP contribution in [0.15, 0.2) is 18.2 Å². The molecule has 32 heavy (non-hydrogen) atoms. The fourth-order valence-electron chi connectivity index (χ4n) is 4.85. The lowest BCUT2D eigenvalue weighted by molar-refractivity contribution is -0.135. The summed E-state index contributed by atoms with van der Waals surface area (Å²) in [5.74, 6) is 1.80. The first-order valence-electron chi connectivity index (χ1n) is 11.6. The van der Waals surface area contributed by atoms with Gasteiger partial charge in [-0.1, -0.05) is 6.42 Å². The summed E-state index contributed by atoms with van der Waals surface area (Å²) in [6, 6.07) is 6.61. The van der Waals surface area contributed by atoms with Crippen molar-refractivity contribution in [1.82, 2.24) is 19.7 Å². The lowest BCUT2D eigenvalue weighted by Gasteiger charge is -2.43. The summed E-state index contributed by atoms with van der Waals surface area (Å²) >= 11 is 1.71. The van der Waals surface area contributed by atoms with Crippen LogP contribution >= 0.6 is 11.3 Å². The van der Waals surface area contributed by atoms with Crippen LogP contribution in [0, 0.1) is 0 Å². The van der Waals surface area contributed by atoms with Crippen molar-refractivity contribution in [2.24, 2.45) is 0 Å². The molecule has 0 N–H and O–H groups in total. The maximum Gasteiger partial charge on any atom is 0.236 e. The molecule has 1 aromatic carbocycles. The first-order chi connectivity index (χ1) is 15.6. The van der Waals surface area contributed by atoms with Crippen LogP contribution in [0.5, 0.6) is 11.5 Å². The van der Waals surface area contributed by atoms with Crippen molar-refractivity contribution in [2.75, 3.05) is 53.5 Å².